The Morgan fingerprint density at radius 3 is 2.43 bits per heavy atom. The van der Waals surface area contributed by atoms with Crippen LogP contribution in [0.15, 0.2) is 0 Å². The van der Waals surface area contributed by atoms with Gasteiger partial charge in [-0.3, -0.25) is 0 Å². The van der Waals surface area contributed by atoms with Crippen LogP contribution in [0.4, 0.5) is 4.79 Å². The van der Waals surface area contributed by atoms with Crippen LogP contribution in [-0.4, -0.2) is 30.3 Å². The smallest absolute Gasteiger partial charge is 0.407 e. The van der Waals surface area contributed by atoms with Gasteiger partial charge in [-0.1, -0.05) is 26.2 Å². The predicted molar refractivity (Wildman–Crippen MR) is 94.5 cm³/mol. The first-order valence-corrected chi connectivity index (χ1v) is 9.56. The quantitative estimate of drug-likeness (QED) is 0.813. The van der Waals surface area contributed by atoms with Crippen molar-refractivity contribution in [2.75, 3.05) is 6.54 Å². The van der Waals surface area contributed by atoms with Crippen LogP contribution in [0.3, 0.4) is 0 Å². The molecule has 0 saturated heterocycles. The molecule has 0 aliphatic heterocycles. The molecular formula is C19H36N2O2. The maximum atomic E-state index is 11.9. The highest BCUT2D eigenvalue weighted by Crippen LogP contribution is 2.29. The largest absolute Gasteiger partial charge is 0.444 e. The fourth-order valence-corrected chi connectivity index (χ4v) is 3.99. The number of ether oxygens (including phenoxy) is 1. The molecule has 2 rings (SSSR count). The van der Waals surface area contributed by atoms with E-state index >= 15 is 0 Å². The van der Waals surface area contributed by atoms with E-state index in [1.165, 1.54) is 38.5 Å². The minimum absolute atomic E-state index is 0.250. The molecule has 0 heterocycles. The molecule has 1 amide bonds. The van der Waals surface area contributed by atoms with E-state index < -0.39 is 5.60 Å². The van der Waals surface area contributed by atoms with E-state index in [2.05, 4.69) is 17.6 Å². The molecule has 2 saturated carbocycles. The summed E-state index contributed by atoms with van der Waals surface area (Å²) in [5.41, 5.74) is -0.423. The summed E-state index contributed by atoms with van der Waals surface area (Å²) >= 11 is 0. The van der Waals surface area contributed by atoms with Crippen molar-refractivity contribution in [1.29, 1.82) is 0 Å². The molecule has 4 unspecified atom stereocenters. The summed E-state index contributed by atoms with van der Waals surface area (Å²) in [6, 6.07) is 0.790. The molecule has 4 atom stereocenters. The number of hydrogen-bond donors (Lipinski definition) is 2. The monoisotopic (exact) mass is 324 g/mol. The van der Waals surface area contributed by atoms with Crippen LogP contribution in [-0.2, 0) is 4.74 Å². The highest BCUT2D eigenvalue weighted by molar-refractivity contribution is 5.68. The molecule has 134 valence electrons. The lowest BCUT2D eigenvalue weighted by molar-refractivity contribution is 0.0488. The zero-order chi connectivity index (χ0) is 16.9. The standard InChI is InChI=1S/C19H36N2O2/c1-14-8-5-6-9-15(14)13-20-16-10-7-11-17(12-16)21-18(22)23-19(2,3)4/h14-17,20H,5-13H2,1-4H3,(H,21,22). The summed E-state index contributed by atoms with van der Waals surface area (Å²) in [6.07, 6.45) is 9.79. The van der Waals surface area contributed by atoms with E-state index in [4.69, 9.17) is 4.74 Å². The van der Waals surface area contributed by atoms with Gasteiger partial charge in [-0.2, -0.15) is 0 Å². The summed E-state index contributed by atoms with van der Waals surface area (Å²) in [5, 5.41) is 6.83. The van der Waals surface area contributed by atoms with Crippen LogP contribution >= 0.6 is 0 Å². The molecule has 2 N–H and O–H groups in total. The van der Waals surface area contributed by atoms with Crippen LogP contribution in [0, 0.1) is 11.8 Å². The number of carbonyl (C=O) groups excluding carboxylic acids is 1. The van der Waals surface area contributed by atoms with Gasteiger partial charge in [-0.05, 0) is 71.3 Å². The summed E-state index contributed by atoms with van der Waals surface area (Å²) in [7, 11) is 0. The van der Waals surface area contributed by atoms with E-state index in [0.29, 0.717) is 6.04 Å². The van der Waals surface area contributed by atoms with Crippen LogP contribution in [0.5, 0.6) is 0 Å². The van der Waals surface area contributed by atoms with Crippen molar-refractivity contribution in [3.05, 3.63) is 0 Å². The fourth-order valence-electron chi connectivity index (χ4n) is 3.99. The van der Waals surface area contributed by atoms with Crippen molar-refractivity contribution in [2.24, 2.45) is 11.8 Å². The third-order valence-corrected chi connectivity index (χ3v) is 5.35. The Balaban J connectivity index is 1.71. The molecule has 23 heavy (non-hydrogen) atoms. The van der Waals surface area contributed by atoms with E-state index in [1.54, 1.807) is 0 Å². The molecule has 0 aromatic rings. The predicted octanol–water partition coefficient (Wildman–Crippen LogP) is 4.24. The van der Waals surface area contributed by atoms with Crippen molar-refractivity contribution >= 4 is 6.09 Å². The first-order chi connectivity index (χ1) is 10.8. The second-order valence-corrected chi connectivity index (χ2v) is 8.64. The number of alkyl carbamates (subject to hydrolysis) is 1. The first-order valence-electron chi connectivity index (χ1n) is 9.56. The van der Waals surface area contributed by atoms with Gasteiger partial charge in [0, 0.05) is 12.1 Å². The third-order valence-electron chi connectivity index (χ3n) is 5.35. The molecular weight excluding hydrogens is 288 g/mol. The van der Waals surface area contributed by atoms with Gasteiger partial charge in [-0.25, -0.2) is 4.79 Å². The van der Waals surface area contributed by atoms with Crippen molar-refractivity contribution in [1.82, 2.24) is 10.6 Å². The topological polar surface area (TPSA) is 50.4 Å². The number of rotatable bonds is 4. The van der Waals surface area contributed by atoms with Crippen LogP contribution in [0.2, 0.25) is 0 Å². The van der Waals surface area contributed by atoms with Crippen molar-refractivity contribution in [3.8, 4) is 0 Å². The van der Waals surface area contributed by atoms with E-state index in [9.17, 15) is 4.79 Å². The first kappa shape index (κ1) is 18.6. The molecule has 2 aliphatic carbocycles. The van der Waals surface area contributed by atoms with Gasteiger partial charge in [0.05, 0.1) is 0 Å². The Bertz CT molecular complexity index is 378. The lowest BCUT2D eigenvalue weighted by atomic mass is 9.80. The van der Waals surface area contributed by atoms with Crippen molar-refractivity contribution in [2.45, 2.75) is 96.7 Å². The summed E-state index contributed by atoms with van der Waals surface area (Å²) in [6.45, 7) is 9.26. The maximum absolute atomic E-state index is 11.9. The average Bonchev–Trinajstić information content (AvgIpc) is 2.45. The molecule has 0 bridgehead atoms. The summed E-state index contributed by atoms with van der Waals surface area (Å²) in [4.78, 5) is 11.9. The lowest BCUT2D eigenvalue weighted by Crippen LogP contribution is -2.46. The van der Waals surface area contributed by atoms with Gasteiger partial charge >= 0.3 is 6.09 Å². The minimum Gasteiger partial charge on any atom is -0.444 e. The lowest BCUT2D eigenvalue weighted by Gasteiger charge is -2.34. The Labute approximate surface area is 142 Å². The van der Waals surface area contributed by atoms with Gasteiger partial charge < -0.3 is 15.4 Å². The zero-order valence-electron chi connectivity index (χ0n) is 15.5. The number of hydrogen-bond acceptors (Lipinski definition) is 3. The maximum Gasteiger partial charge on any atom is 0.407 e. The van der Waals surface area contributed by atoms with Crippen molar-refractivity contribution in [3.63, 3.8) is 0 Å². The third kappa shape index (κ3) is 6.70. The average molecular weight is 325 g/mol. The molecule has 2 fully saturated rings. The Hall–Kier alpha value is -0.770. The highest BCUT2D eigenvalue weighted by Gasteiger charge is 2.27. The second kappa shape index (κ2) is 8.36. The molecule has 0 radical (unpaired) electrons. The molecule has 0 aromatic carbocycles. The highest BCUT2D eigenvalue weighted by atomic mass is 16.6. The van der Waals surface area contributed by atoms with Crippen LogP contribution in [0.1, 0.15) is 79.1 Å². The Kier molecular flexibility index (Phi) is 6.75. The van der Waals surface area contributed by atoms with Crippen LogP contribution in [0.25, 0.3) is 0 Å². The van der Waals surface area contributed by atoms with E-state index in [0.717, 1.165) is 31.2 Å². The molecule has 4 nitrogen and oxygen atoms in total. The van der Waals surface area contributed by atoms with Crippen LogP contribution < -0.4 is 10.6 Å². The Morgan fingerprint density at radius 2 is 1.74 bits per heavy atom. The van der Waals surface area contributed by atoms with Gasteiger partial charge in [-0.15, -0.1) is 0 Å². The van der Waals surface area contributed by atoms with Gasteiger partial charge in [0.2, 0.25) is 0 Å². The fraction of sp³-hybridized carbons (Fsp3) is 0.947. The minimum atomic E-state index is -0.423. The van der Waals surface area contributed by atoms with E-state index in [-0.39, 0.29) is 12.1 Å². The molecule has 4 heteroatoms. The van der Waals surface area contributed by atoms with Gasteiger partial charge in [0.15, 0.2) is 0 Å². The van der Waals surface area contributed by atoms with E-state index in [1.807, 2.05) is 20.8 Å². The number of carbonyl (C=O) groups is 1. The molecule has 0 spiro atoms. The number of amides is 1. The zero-order valence-corrected chi connectivity index (χ0v) is 15.5. The second-order valence-electron chi connectivity index (χ2n) is 8.64. The summed E-state index contributed by atoms with van der Waals surface area (Å²) < 4.78 is 5.37. The molecule has 0 aromatic heterocycles. The number of nitrogens with one attached hydrogen (secondary N) is 2. The van der Waals surface area contributed by atoms with Crippen molar-refractivity contribution < 1.29 is 9.53 Å². The normalized spacial score (nSPS) is 32.3. The van der Waals surface area contributed by atoms with Gasteiger partial charge in [0.25, 0.3) is 0 Å². The van der Waals surface area contributed by atoms with Gasteiger partial charge in [0.1, 0.15) is 5.60 Å². The SMILES string of the molecule is CC1CCCCC1CNC1CCCC(NC(=O)OC(C)(C)C)C1. The Morgan fingerprint density at radius 1 is 1.04 bits per heavy atom. The molecule has 2 aliphatic rings. The summed E-state index contributed by atoms with van der Waals surface area (Å²) in [5.74, 6) is 1.69.